The molecule has 1 aromatic carbocycles. The summed E-state index contributed by atoms with van der Waals surface area (Å²) < 4.78 is 0. The van der Waals surface area contributed by atoms with E-state index >= 15 is 0 Å². The topological polar surface area (TPSA) is 204 Å². The van der Waals surface area contributed by atoms with Crippen LogP contribution in [0.25, 0.3) is 0 Å². The van der Waals surface area contributed by atoms with Gasteiger partial charge in [0, 0.05) is 19.6 Å². The molecule has 13 heteroatoms. The quantitative estimate of drug-likeness (QED) is 0.0930. The highest BCUT2D eigenvalue weighted by Gasteiger charge is 2.12. The molecule has 0 saturated carbocycles. The van der Waals surface area contributed by atoms with Crippen molar-refractivity contribution in [1.82, 2.24) is 16.0 Å². The van der Waals surface area contributed by atoms with Gasteiger partial charge in [0.05, 0.1) is 6.04 Å². The van der Waals surface area contributed by atoms with Gasteiger partial charge in [0.1, 0.15) is 5.10 Å². The number of carbonyl (C=O) groups is 2. The number of nitrogens with two attached hydrogens (primary N) is 3. The van der Waals surface area contributed by atoms with Crippen molar-refractivity contribution >= 4 is 30.3 Å². The molecule has 1 aromatic rings. The number of primary amides is 1. The number of nitrogens with one attached hydrogen (secondary N) is 3. The molecule has 0 aliphatic heterocycles. The van der Waals surface area contributed by atoms with Crippen molar-refractivity contribution in [2.45, 2.75) is 32.0 Å². The standard InChI is InChI=1S/C15H24N8O4.ClH/c16-12(2-1-7-19-14(17)22-23(26)27)13(24)20-8-10-3-5-11(6-4-10)9-21-15(18)25;/h3-6,12H,1-2,7-9,16H2,(H,20,24)(H3,17,19,22)(H3,18,21,25);1H/t12-;/m1./s1. The third kappa shape index (κ3) is 10.8. The number of amides is 3. The van der Waals surface area contributed by atoms with Crippen LogP contribution in [0.1, 0.15) is 24.0 Å². The summed E-state index contributed by atoms with van der Waals surface area (Å²) >= 11 is 0. The summed E-state index contributed by atoms with van der Waals surface area (Å²) in [7, 11) is 0. The third-order valence-corrected chi connectivity index (χ3v) is 3.48. The molecule has 0 aliphatic rings. The Hall–Kier alpha value is -3.12. The SMILES string of the molecule is Cl.NC(=O)NCc1ccc(CNC(=O)[C@H](N)CCCNC(N)=N[N+](=O)[O-])cc1. The van der Waals surface area contributed by atoms with Crippen LogP contribution in [-0.4, -0.2) is 35.5 Å². The summed E-state index contributed by atoms with van der Waals surface area (Å²) in [6, 6.07) is 5.98. The highest BCUT2D eigenvalue weighted by Crippen LogP contribution is 2.04. The Labute approximate surface area is 167 Å². The summed E-state index contributed by atoms with van der Waals surface area (Å²) in [6.45, 7) is 0.958. The molecular formula is C15H25ClN8O4. The number of hydrogen-bond acceptors (Lipinski definition) is 5. The number of hydrogen-bond donors (Lipinski definition) is 6. The summed E-state index contributed by atoms with van der Waals surface area (Å²) in [5, 5.41) is 19.9. The number of nitrogens with zero attached hydrogens (tertiary/aromatic N) is 2. The fourth-order valence-corrected chi connectivity index (χ4v) is 2.08. The number of guanidine groups is 1. The second-order valence-electron chi connectivity index (χ2n) is 5.65. The minimum atomic E-state index is -0.900. The Morgan fingerprint density at radius 1 is 1.07 bits per heavy atom. The zero-order chi connectivity index (χ0) is 20.2. The van der Waals surface area contributed by atoms with E-state index in [0.29, 0.717) is 32.5 Å². The van der Waals surface area contributed by atoms with Gasteiger partial charge in [0.15, 0.2) is 5.03 Å². The predicted molar refractivity (Wildman–Crippen MR) is 106 cm³/mol. The van der Waals surface area contributed by atoms with Crippen molar-refractivity contribution in [2.75, 3.05) is 6.54 Å². The van der Waals surface area contributed by atoms with Crippen molar-refractivity contribution < 1.29 is 14.6 Å². The highest BCUT2D eigenvalue weighted by atomic mass is 35.5. The zero-order valence-corrected chi connectivity index (χ0v) is 15.9. The van der Waals surface area contributed by atoms with Crippen LogP contribution >= 0.6 is 12.4 Å². The normalized spacial score (nSPS) is 11.7. The van der Waals surface area contributed by atoms with E-state index in [9.17, 15) is 19.7 Å². The maximum atomic E-state index is 12.0. The molecule has 0 saturated heterocycles. The lowest BCUT2D eigenvalue weighted by Crippen LogP contribution is -2.41. The number of hydrazone groups is 1. The van der Waals surface area contributed by atoms with Gasteiger partial charge < -0.3 is 33.2 Å². The van der Waals surface area contributed by atoms with Crippen LogP contribution in [0.5, 0.6) is 0 Å². The molecule has 28 heavy (non-hydrogen) atoms. The van der Waals surface area contributed by atoms with E-state index in [2.05, 4.69) is 21.1 Å². The molecular weight excluding hydrogens is 392 g/mol. The van der Waals surface area contributed by atoms with E-state index in [-0.39, 0.29) is 24.3 Å². The van der Waals surface area contributed by atoms with Gasteiger partial charge in [-0.15, -0.1) is 12.4 Å². The molecule has 0 heterocycles. The summed E-state index contributed by atoms with van der Waals surface area (Å²) in [6.07, 6.45) is 0.867. The van der Waals surface area contributed by atoms with Crippen LogP contribution in [-0.2, 0) is 17.9 Å². The van der Waals surface area contributed by atoms with Gasteiger partial charge in [-0.25, -0.2) is 14.9 Å². The van der Waals surface area contributed by atoms with Crippen LogP contribution in [0.15, 0.2) is 29.4 Å². The monoisotopic (exact) mass is 416 g/mol. The summed E-state index contributed by atoms with van der Waals surface area (Å²) in [5.41, 5.74) is 17.8. The number of halogens is 1. The van der Waals surface area contributed by atoms with E-state index in [1.54, 1.807) is 0 Å². The Bertz CT molecular complexity index is 683. The number of carbonyl (C=O) groups excluding carboxylic acids is 2. The van der Waals surface area contributed by atoms with E-state index in [1.807, 2.05) is 24.3 Å². The van der Waals surface area contributed by atoms with E-state index in [0.717, 1.165) is 11.1 Å². The van der Waals surface area contributed by atoms with Gasteiger partial charge in [-0.3, -0.25) is 4.79 Å². The molecule has 3 amide bonds. The van der Waals surface area contributed by atoms with Gasteiger partial charge in [0.2, 0.25) is 5.91 Å². The molecule has 0 spiro atoms. The lowest BCUT2D eigenvalue weighted by molar-refractivity contribution is -0.485. The second kappa shape index (κ2) is 13.1. The molecule has 0 aromatic heterocycles. The second-order valence-corrected chi connectivity index (χ2v) is 5.65. The largest absolute Gasteiger partial charge is 0.365 e. The molecule has 0 bridgehead atoms. The molecule has 156 valence electrons. The van der Waals surface area contributed by atoms with Crippen molar-refractivity contribution in [1.29, 1.82) is 0 Å². The van der Waals surface area contributed by atoms with E-state index < -0.39 is 17.1 Å². The van der Waals surface area contributed by atoms with Gasteiger partial charge in [-0.1, -0.05) is 24.3 Å². The Morgan fingerprint density at radius 3 is 2.11 bits per heavy atom. The first-order valence-electron chi connectivity index (χ1n) is 8.14. The molecule has 0 unspecified atom stereocenters. The van der Waals surface area contributed by atoms with Crippen LogP contribution in [0.2, 0.25) is 0 Å². The molecule has 1 atom stereocenters. The predicted octanol–water partition coefficient (Wildman–Crippen LogP) is -0.904. The van der Waals surface area contributed by atoms with Gasteiger partial charge in [-0.05, 0) is 24.0 Å². The summed E-state index contributed by atoms with van der Waals surface area (Å²) in [4.78, 5) is 32.7. The van der Waals surface area contributed by atoms with Crippen molar-refractivity contribution in [3.05, 3.63) is 45.5 Å². The van der Waals surface area contributed by atoms with Crippen molar-refractivity contribution in [3.63, 3.8) is 0 Å². The Morgan fingerprint density at radius 2 is 1.61 bits per heavy atom. The lowest BCUT2D eigenvalue weighted by atomic mass is 10.1. The molecule has 12 nitrogen and oxygen atoms in total. The minimum absolute atomic E-state index is 0. The van der Waals surface area contributed by atoms with Gasteiger partial charge in [0.25, 0.3) is 5.96 Å². The van der Waals surface area contributed by atoms with Crippen molar-refractivity contribution in [3.8, 4) is 0 Å². The van der Waals surface area contributed by atoms with Gasteiger partial charge in [-0.2, -0.15) is 0 Å². The van der Waals surface area contributed by atoms with Crippen LogP contribution in [0.3, 0.4) is 0 Å². The van der Waals surface area contributed by atoms with Crippen LogP contribution < -0.4 is 33.2 Å². The molecule has 0 aliphatic carbocycles. The summed E-state index contributed by atoms with van der Waals surface area (Å²) in [5.74, 6) is -0.603. The first-order chi connectivity index (χ1) is 12.8. The minimum Gasteiger partial charge on any atom is -0.365 e. The maximum absolute atomic E-state index is 12.0. The smallest absolute Gasteiger partial charge is 0.312 e. The Balaban J connectivity index is 0.00000729. The number of rotatable bonds is 10. The number of urea groups is 1. The Kier molecular flexibility index (Phi) is 11.6. The molecule has 0 radical (unpaired) electrons. The van der Waals surface area contributed by atoms with E-state index in [4.69, 9.17) is 17.2 Å². The lowest BCUT2D eigenvalue weighted by Gasteiger charge is -2.13. The van der Waals surface area contributed by atoms with Gasteiger partial charge >= 0.3 is 6.03 Å². The number of nitro groups is 1. The first kappa shape index (κ1) is 24.9. The van der Waals surface area contributed by atoms with Crippen molar-refractivity contribution in [2.24, 2.45) is 22.3 Å². The third-order valence-electron chi connectivity index (χ3n) is 3.48. The average molecular weight is 417 g/mol. The average Bonchev–Trinajstić information content (AvgIpc) is 2.61. The fraction of sp³-hybridized carbons (Fsp3) is 0.400. The first-order valence-corrected chi connectivity index (χ1v) is 8.14. The van der Waals surface area contributed by atoms with E-state index in [1.165, 1.54) is 0 Å². The molecule has 1 rings (SSSR count). The highest BCUT2D eigenvalue weighted by molar-refractivity contribution is 5.85. The maximum Gasteiger partial charge on any atom is 0.312 e. The number of benzene rings is 1. The molecule has 0 fully saturated rings. The van der Waals surface area contributed by atoms with Crippen LogP contribution in [0.4, 0.5) is 4.79 Å². The molecule has 9 N–H and O–H groups in total. The zero-order valence-electron chi connectivity index (χ0n) is 15.1. The van der Waals surface area contributed by atoms with Crippen LogP contribution in [0, 0.1) is 10.1 Å². The fourth-order valence-electron chi connectivity index (χ4n) is 2.08.